The van der Waals surface area contributed by atoms with Gasteiger partial charge in [0.2, 0.25) is 10.0 Å². The molecular weight excluding hydrogens is 535 g/mol. The maximum Gasteiger partial charge on any atom is 0.214 e. The summed E-state index contributed by atoms with van der Waals surface area (Å²) in [6.45, 7) is 0.700. The van der Waals surface area contributed by atoms with Gasteiger partial charge in [0.05, 0.1) is 5.25 Å². The molecule has 0 spiro atoms. The lowest BCUT2D eigenvalue weighted by Gasteiger charge is -2.11. The van der Waals surface area contributed by atoms with Crippen LogP contribution in [0.3, 0.4) is 0 Å². The number of benzene rings is 1. The van der Waals surface area contributed by atoms with E-state index in [-0.39, 0.29) is 11.8 Å². The molecule has 0 saturated heterocycles. The fraction of sp³-hybridized carbons (Fsp3) is 0.421. The fourth-order valence-electron chi connectivity index (χ4n) is 3.76. The van der Waals surface area contributed by atoms with Crippen LogP contribution < -0.4 is 10.5 Å². The summed E-state index contributed by atoms with van der Waals surface area (Å²) in [6, 6.07) is 4.51. The summed E-state index contributed by atoms with van der Waals surface area (Å²) < 4.78 is 30.2. The number of anilines is 1. The molecule has 0 radical (unpaired) electrons. The lowest BCUT2D eigenvalue weighted by atomic mass is 10.1. The molecule has 2 aliphatic rings. The first kappa shape index (κ1) is 20.5. The Bertz CT molecular complexity index is 1240. The number of aryl methyl sites for hydroxylation is 2. The number of hydrogen-bond donors (Lipinski definition) is 2. The maximum absolute atomic E-state index is 12.2. The summed E-state index contributed by atoms with van der Waals surface area (Å²) in [4.78, 5) is 14.3. The van der Waals surface area contributed by atoms with E-state index in [1.165, 1.54) is 27.4 Å². The molecule has 11 heteroatoms. The molecule has 3 N–H and O–H groups in total. The number of halogens is 1. The number of imidazole rings is 1. The number of sulfonamides is 1. The molecule has 1 saturated carbocycles. The number of fused-ring (bicyclic) bond motifs is 2. The smallest absolute Gasteiger partial charge is 0.214 e. The molecule has 5 rings (SSSR count). The number of rotatable bonds is 7. The van der Waals surface area contributed by atoms with E-state index in [0.29, 0.717) is 23.5 Å². The second-order valence-electron chi connectivity index (χ2n) is 7.62. The predicted molar refractivity (Wildman–Crippen MR) is 125 cm³/mol. The first-order valence-electron chi connectivity index (χ1n) is 9.87. The van der Waals surface area contributed by atoms with Crippen molar-refractivity contribution in [1.29, 1.82) is 0 Å². The van der Waals surface area contributed by atoms with Crippen LogP contribution in [-0.4, -0.2) is 39.7 Å². The van der Waals surface area contributed by atoms with Crippen LogP contribution in [0.2, 0.25) is 0 Å². The minimum absolute atomic E-state index is 0.239. The van der Waals surface area contributed by atoms with Crippen molar-refractivity contribution in [1.82, 2.24) is 24.2 Å². The van der Waals surface area contributed by atoms with Crippen molar-refractivity contribution in [2.45, 2.75) is 54.0 Å². The van der Waals surface area contributed by atoms with E-state index in [1.807, 2.05) is 4.57 Å². The van der Waals surface area contributed by atoms with Gasteiger partial charge in [-0.05, 0) is 78.0 Å². The zero-order valence-corrected chi connectivity index (χ0v) is 19.9. The Morgan fingerprint density at radius 1 is 1.23 bits per heavy atom. The van der Waals surface area contributed by atoms with Crippen LogP contribution in [0.4, 0.5) is 5.82 Å². The van der Waals surface area contributed by atoms with E-state index < -0.39 is 10.0 Å². The summed E-state index contributed by atoms with van der Waals surface area (Å²) in [5.74, 6) is 0.322. The van der Waals surface area contributed by atoms with Crippen LogP contribution >= 0.6 is 34.4 Å². The first-order valence-corrected chi connectivity index (χ1v) is 13.3. The van der Waals surface area contributed by atoms with Gasteiger partial charge in [0.15, 0.2) is 22.1 Å². The molecule has 0 aliphatic heterocycles. The van der Waals surface area contributed by atoms with Gasteiger partial charge in [-0.2, -0.15) is 0 Å². The van der Waals surface area contributed by atoms with Crippen LogP contribution in [0.15, 0.2) is 28.5 Å². The molecule has 158 valence electrons. The highest BCUT2D eigenvalue weighted by molar-refractivity contribution is 14.1. The normalized spacial score (nSPS) is 16.3. The van der Waals surface area contributed by atoms with Gasteiger partial charge in [-0.15, -0.1) is 0 Å². The molecule has 2 aromatic heterocycles. The van der Waals surface area contributed by atoms with E-state index >= 15 is 0 Å². The molecule has 0 amide bonds. The molecule has 0 atom stereocenters. The number of hydrogen-bond acceptors (Lipinski definition) is 7. The molecule has 1 fully saturated rings. The van der Waals surface area contributed by atoms with Gasteiger partial charge >= 0.3 is 0 Å². The molecule has 0 unspecified atom stereocenters. The molecule has 1 aromatic carbocycles. The Morgan fingerprint density at radius 2 is 2.00 bits per heavy atom. The molecular formula is C19H21IN6O2S2. The Balaban J connectivity index is 1.47. The minimum atomic E-state index is -3.24. The molecule has 30 heavy (non-hydrogen) atoms. The second kappa shape index (κ2) is 7.92. The summed E-state index contributed by atoms with van der Waals surface area (Å²) in [6.07, 6.45) is 6.35. The van der Waals surface area contributed by atoms with E-state index in [4.69, 9.17) is 10.7 Å². The highest BCUT2D eigenvalue weighted by atomic mass is 127. The summed E-state index contributed by atoms with van der Waals surface area (Å²) in [5, 5.41) is 0.496. The molecule has 2 heterocycles. The van der Waals surface area contributed by atoms with Gasteiger partial charge in [-0.1, -0.05) is 11.8 Å². The zero-order valence-electron chi connectivity index (χ0n) is 16.1. The number of nitrogens with one attached hydrogen (secondary N) is 1. The van der Waals surface area contributed by atoms with E-state index in [0.717, 1.165) is 35.7 Å². The monoisotopic (exact) mass is 556 g/mol. The SMILES string of the molecule is Nc1ncnc2c1nc(Sc1cc3c(cc1I)CCC3)n2CCNS(=O)(=O)C1CC1. The van der Waals surface area contributed by atoms with E-state index in [2.05, 4.69) is 49.4 Å². The van der Waals surface area contributed by atoms with Crippen molar-refractivity contribution >= 4 is 61.4 Å². The third kappa shape index (κ3) is 3.92. The summed E-state index contributed by atoms with van der Waals surface area (Å²) in [5.41, 5.74) is 10.0. The minimum Gasteiger partial charge on any atom is -0.382 e. The number of nitrogens with zero attached hydrogens (tertiary/aromatic N) is 4. The van der Waals surface area contributed by atoms with Crippen LogP contribution in [-0.2, 0) is 29.4 Å². The van der Waals surface area contributed by atoms with Crippen LogP contribution in [0, 0.1) is 3.57 Å². The van der Waals surface area contributed by atoms with Crippen molar-refractivity contribution in [2.24, 2.45) is 0 Å². The zero-order chi connectivity index (χ0) is 20.9. The Morgan fingerprint density at radius 3 is 2.77 bits per heavy atom. The van der Waals surface area contributed by atoms with Crippen molar-refractivity contribution in [3.63, 3.8) is 0 Å². The van der Waals surface area contributed by atoms with Gasteiger partial charge in [0.25, 0.3) is 0 Å². The second-order valence-corrected chi connectivity index (χ2v) is 11.8. The first-order chi connectivity index (χ1) is 14.4. The summed E-state index contributed by atoms with van der Waals surface area (Å²) >= 11 is 3.93. The van der Waals surface area contributed by atoms with E-state index in [9.17, 15) is 8.42 Å². The van der Waals surface area contributed by atoms with Gasteiger partial charge in [-0.25, -0.2) is 28.1 Å². The van der Waals surface area contributed by atoms with Crippen LogP contribution in [0.1, 0.15) is 30.4 Å². The van der Waals surface area contributed by atoms with Gasteiger partial charge in [0, 0.05) is 21.6 Å². The highest BCUT2D eigenvalue weighted by Gasteiger charge is 2.35. The van der Waals surface area contributed by atoms with E-state index in [1.54, 1.807) is 11.8 Å². The number of aromatic nitrogens is 4. The lowest BCUT2D eigenvalue weighted by molar-refractivity contribution is 0.566. The number of nitrogens with two attached hydrogens (primary N) is 1. The molecule has 2 aliphatic carbocycles. The largest absolute Gasteiger partial charge is 0.382 e. The van der Waals surface area contributed by atoms with Crippen molar-refractivity contribution in [3.8, 4) is 0 Å². The average molecular weight is 556 g/mol. The van der Waals surface area contributed by atoms with Crippen molar-refractivity contribution < 1.29 is 8.42 Å². The maximum atomic E-state index is 12.2. The molecule has 0 bridgehead atoms. The van der Waals surface area contributed by atoms with Crippen molar-refractivity contribution in [2.75, 3.05) is 12.3 Å². The van der Waals surface area contributed by atoms with Gasteiger partial charge in [-0.3, -0.25) is 0 Å². The third-order valence-electron chi connectivity index (χ3n) is 5.47. The van der Waals surface area contributed by atoms with Crippen molar-refractivity contribution in [3.05, 3.63) is 33.2 Å². The van der Waals surface area contributed by atoms with Gasteiger partial charge in [0.1, 0.15) is 6.33 Å². The standard InChI is InChI=1S/C19H21IN6O2S2/c20-14-8-11-2-1-3-12(11)9-15(14)29-19-25-16-17(21)22-10-23-18(16)26(19)7-6-24-30(27,28)13-4-5-13/h8-10,13,24H,1-7H2,(H2,21,22,23). The highest BCUT2D eigenvalue weighted by Crippen LogP contribution is 2.37. The van der Waals surface area contributed by atoms with Crippen LogP contribution in [0.5, 0.6) is 0 Å². The Labute approximate surface area is 192 Å². The summed E-state index contributed by atoms with van der Waals surface area (Å²) in [7, 11) is -3.24. The topological polar surface area (TPSA) is 116 Å². The average Bonchev–Trinajstić information content (AvgIpc) is 3.39. The molecule has 3 aromatic rings. The molecule has 8 nitrogen and oxygen atoms in total. The Hall–Kier alpha value is -1.44. The lowest BCUT2D eigenvalue weighted by Crippen LogP contribution is -2.30. The quantitative estimate of drug-likeness (QED) is 0.430. The predicted octanol–water partition coefficient (Wildman–Crippen LogP) is 2.73. The third-order valence-corrected chi connectivity index (χ3v) is 9.74. The van der Waals surface area contributed by atoms with Gasteiger partial charge < -0.3 is 10.3 Å². The van der Waals surface area contributed by atoms with Crippen LogP contribution in [0.25, 0.3) is 11.2 Å². The fourth-order valence-corrected chi connectivity index (χ4v) is 6.97. The Kier molecular flexibility index (Phi) is 5.40. The number of nitrogen functional groups attached to an aromatic ring is 1.